The molecule has 2 aromatic heterocycles. The summed E-state index contributed by atoms with van der Waals surface area (Å²) in [5.74, 6) is -0.314. The molecule has 0 saturated carbocycles. The second-order valence-electron chi connectivity index (χ2n) is 4.68. The highest BCUT2D eigenvalue weighted by Crippen LogP contribution is 2.32. The number of amides is 1. The molecule has 2 aromatic rings. The van der Waals surface area contributed by atoms with Crippen molar-refractivity contribution in [2.24, 2.45) is 0 Å². The lowest BCUT2D eigenvalue weighted by atomic mass is 10.2. The van der Waals surface area contributed by atoms with Crippen molar-refractivity contribution < 1.29 is 23.6 Å². The molecular weight excluding hydrogens is 356 g/mol. The maximum absolute atomic E-state index is 12.4. The summed E-state index contributed by atoms with van der Waals surface area (Å²) in [6.45, 7) is 3.67. The van der Waals surface area contributed by atoms with Crippen molar-refractivity contribution in [2.75, 3.05) is 24.5 Å². The molecule has 0 unspecified atom stereocenters. The number of thiophene rings is 1. The predicted molar refractivity (Wildman–Crippen MR) is 90.0 cm³/mol. The SMILES string of the molecule is CCOC(=O)c1noc(C)c1N(Cc1sccc1OC)C(=O)CCl. The van der Waals surface area contributed by atoms with Crippen LogP contribution in [0.5, 0.6) is 5.75 Å². The van der Waals surface area contributed by atoms with Crippen LogP contribution in [0.4, 0.5) is 5.69 Å². The molecule has 7 nitrogen and oxygen atoms in total. The van der Waals surface area contributed by atoms with Gasteiger partial charge in [0.2, 0.25) is 11.6 Å². The van der Waals surface area contributed by atoms with Crippen molar-refractivity contribution in [3.63, 3.8) is 0 Å². The van der Waals surface area contributed by atoms with Crippen LogP contribution in [0.25, 0.3) is 0 Å². The summed E-state index contributed by atoms with van der Waals surface area (Å²) >= 11 is 7.17. The summed E-state index contributed by atoms with van der Waals surface area (Å²) in [6, 6.07) is 1.80. The Balaban J connectivity index is 2.44. The van der Waals surface area contributed by atoms with Crippen LogP contribution >= 0.6 is 22.9 Å². The topological polar surface area (TPSA) is 81.9 Å². The van der Waals surface area contributed by atoms with Crippen LogP contribution in [0.15, 0.2) is 16.0 Å². The van der Waals surface area contributed by atoms with Crippen LogP contribution in [-0.2, 0) is 16.1 Å². The number of aryl methyl sites for hydroxylation is 1. The Labute approximate surface area is 148 Å². The molecule has 0 N–H and O–H groups in total. The maximum atomic E-state index is 12.4. The highest BCUT2D eigenvalue weighted by atomic mass is 35.5. The monoisotopic (exact) mass is 372 g/mol. The minimum Gasteiger partial charge on any atom is -0.496 e. The summed E-state index contributed by atoms with van der Waals surface area (Å²) < 4.78 is 15.3. The average molecular weight is 373 g/mol. The minimum atomic E-state index is -0.658. The molecule has 0 aromatic carbocycles. The van der Waals surface area contributed by atoms with Crippen LogP contribution in [0.1, 0.15) is 28.0 Å². The van der Waals surface area contributed by atoms with Gasteiger partial charge in [-0.2, -0.15) is 0 Å². The van der Waals surface area contributed by atoms with Gasteiger partial charge in [0.15, 0.2) is 5.76 Å². The standard InChI is InChI=1S/C15H17ClN2O5S/c1-4-22-15(20)13-14(9(2)23-17-13)18(12(19)7-16)8-11-10(21-3)5-6-24-11/h5-6H,4,7-8H2,1-3H3. The molecule has 24 heavy (non-hydrogen) atoms. The number of alkyl halides is 1. The highest BCUT2D eigenvalue weighted by Gasteiger charge is 2.30. The summed E-state index contributed by atoms with van der Waals surface area (Å²) in [6.07, 6.45) is 0. The van der Waals surface area contributed by atoms with Gasteiger partial charge in [-0.1, -0.05) is 5.16 Å². The largest absolute Gasteiger partial charge is 0.496 e. The molecule has 0 aliphatic rings. The Kier molecular flexibility index (Phi) is 6.22. The molecule has 2 heterocycles. The summed E-state index contributed by atoms with van der Waals surface area (Å²) in [7, 11) is 1.55. The van der Waals surface area contributed by atoms with Gasteiger partial charge in [0.05, 0.1) is 25.1 Å². The van der Waals surface area contributed by atoms with Crippen molar-refractivity contribution in [3.8, 4) is 5.75 Å². The molecule has 0 aliphatic carbocycles. The van der Waals surface area contributed by atoms with Crippen LogP contribution < -0.4 is 9.64 Å². The number of nitrogens with zero attached hydrogens (tertiary/aromatic N) is 2. The number of carbonyl (C=O) groups excluding carboxylic acids is 2. The number of carbonyl (C=O) groups is 2. The van der Waals surface area contributed by atoms with Gasteiger partial charge < -0.3 is 18.9 Å². The van der Waals surface area contributed by atoms with Crippen molar-refractivity contribution >= 4 is 40.5 Å². The number of ether oxygens (including phenoxy) is 2. The van der Waals surface area contributed by atoms with Gasteiger partial charge in [-0.3, -0.25) is 4.79 Å². The van der Waals surface area contributed by atoms with Gasteiger partial charge in [0.1, 0.15) is 17.3 Å². The van der Waals surface area contributed by atoms with E-state index in [0.717, 1.165) is 4.88 Å². The predicted octanol–water partition coefficient (Wildman–Crippen LogP) is 3.00. The molecule has 1 amide bonds. The summed E-state index contributed by atoms with van der Waals surface area (Å²) in [4.78, 5) is 26.6. The molecule has 9 heteroatoms. The normalized spacial score (nSPS) is 10.5. The molecule has 2 rings (SSSR count). The fraction of sp³-hybridized carbons (Fsp3) is 0.400. The van der Waals surface area contributed by atoms with E-state index in [0.29, 0.717) is 11.5 Å². The van der Waals surface area contributed by atoms with E-state index in [2.05, 4.69) is 5.16 Å². The summed E-state index contributed by atoms with van der Waals surface area (Å²) in [5, 5.41) is 5.58. The van der Waals surface area contributed by atoms with Gasteiger partial charge in [0, 0.05) is 0 Å². The zero-order chi connectivity index (χ0) is 17.7. The number of methoxy groups -OCH3 is 1. The maximum Gasteiger partial charge on any atom is 0.362 e. The molecule has 0 spiro atoms. The van der Waals surface area contributed by atoms with Crippen molar-refractivity contribution in [2.45, 2.75) is 20.4 Å². The molecule has 0 aliphatic heterocycles. The molecule has 0 saturated heterocycles. The fourth-order valence-electron chi connectivity index (χ4n) is 2.15. The van der Waals surface area contributed by atoms with Gasteiger partial charge in [0.25, 0.3) is 0 Å². The lowest BCUT2D eigenvalue weighted by molar-refractivity contribution is -0.116. The van der Waals surface area contributed by atoms with Gasteiger partial charge in [-0.05, 0) is 25.3 Å². The van der Waals surface area contributed by atoms with Crippen LogP contribution in [0.2, 0.25) is 0 Å². The Morgan fingerprint density at radius 3 is 2.83 bits per heavy atom. The van der Waals surface area contributed by atoms with E-state index in [4.69, 9.17) is 25.6 Å². The Hall–Kier alpha value is -2.06. The van der Waals surface area contributed by atoms with Crippen molar-refractivity contribution in [1.82, 2.24) is 5.16 Å². The van der Waals surface area contributed by atoms with Crippen LogP contribution in [0.3, 0.4) is 0 Å². The number of hydrogen-bond donors (Lipinski definition) is 0. The smallest absolute Gasteiger partial charge is 0.362 e. The first-order valence-electron chi connectivity index (χ1n) is 7.13. The number of esters is 1. The lowest BCUT2D eigenvalue weighted by Gasteiger charge is -2.21. The van der Waals surface area contributed by atoms with E-state index in [9.17, 15) is 9.59 Å². The third kappa shape index (κ3) is 3.70. The first-order chi connectivity index (χ1) is 11.5. The quantitative estimate of drug-likeness (QED) is 0.549. The second-order valence-corrected chi connectivity index (χ2v) is 5.95. The Morgan fingerprint density at radius 2 is 2.21 bits per heavy atom. The molecular formula is C15H17ClN2O5S. The van der Waals surface area contributed by atoms with Gasteiger partial charge in [-0.15, -0.1) is 22.9 Å². The number of anilines is 1. The molecule has 0 fully saturated rings. The van der Waals surface area contributed by atoms with Crippen molar-refractivity contribution in [3.05, 3.63) is 27.8 Å². The zero-order valence-corrected chi connectivity index (χ0v) is 15.1. The van der Waals surface area contributed by atoms with E-state index in [1.165, 1.54) is 16.2 Å². The number of rotatable bonds is 7. The third-order valence-electron chi connectivity index (χ3n) is 3.21. The molecule has 0 radical (unpaired) electrons. The van der Waals surface area contributed by atoms with Crippen LogP contribution in [0, 0.1) is 6.92 Å². The Morgan fingerprint density at radius 1 is 1.46 bits per heavy atom. The zero-order valence-electron chi connectivity index (χ0n) is 13.5. The van der Waals surface area contributed by atoms with E-state index in [1.54, 1.807) is 27.0 Å². The molecule has 130 valence electrons. The first-order valence-corrected chi connectivity index (χ1v) is 8.54. The van der Waals surface area contributed by atoms with E-state index in [-0.39, 0.29) is 36.3 Å². The first kappa shape index (κ1) is 18.3. The number of aromatic nitrogens is 1. The average Bonchev–Trinajstić information content (AvgIpc) is 3.18. The third-order valence-corrected chi connectivity index (χ3v) is 4.33. The number of hydrogen-bond acceptors (Lipinski definition) is 7. The van der Waals surface area contributed by atoms with Gasteiger partial charge >= 0.3 is 5.97 Å². The minimum absolute atomic E-state index is 0.0525. The van der Waals surface area contributed by atoms with Gasteiger partial charge in [-0.25, -0.2) is 4.79 Å². The second kappa shape index (κ2) is 8.16. The summed E-state index contributed by atoms with van der Waals surface area (Å²) in [5.41, 5.74) is 0.206. The number of halogens is 1. The Bertz CT molecular complexity index is 727. The van der Waals surface area contributed by atoms with E-state index in [1.807, 2.05) is 5.38 Å². The fourth-order valence-corrected chi connectivity index (χ4v) is 3.12. The molecule has 0 atom stereocenters. The highest BCUT2D eigenvalue weighted by molar-refractivity contribution is 7.10. The van der Waals surface area contributed by atoms with Crippen LogP contribution in [-0.4, -0.2) is 36.6 Å². The van der Waals surface area contributed by atoms with E-state index >= 15 is 0 Å². The lowest BCUT2D eigenvalue weighted by Crippen LogP contribution is -2.32. The van der Waals surface area contributed by atoms with E-state index < -0.39 is 5.97 Å². The molecule has 0 bridgehead atoms. The van der Waals surface area contributed by atoms with Crippen molar-refractivity contribution in [1.29, 1.82) is 0 Å².